The van der Waals surface area contributed by atoms with Crippen LogP contribution >= 0.6 is 23.2 Å². The number of hydrogen-bond donors (Lipinski definition) is 4. The molecule has 43 heavy (non-hydrogen) atoms. The minimum atomic E-state index is -0.234. The zero-order chi connectivity index (χ0) is 30.9. The van der Waals surface area contributed by atoms with Gasteiger partial charge in [-0.2, -0.15) is 0 Å². The fourth-order valence-electron chi connectivity index (χ4n) is 6.52. The van der Waals surface area contributed by atoms with Crippen molar-refractivity contribution in [1.29, 1.82) is 0 Å². The minimum Gasteiger partial charge on any atom is -0.325 e. The van der Waals surface area contributed by atoms with Crippen molar-refractivity contribution in [3.8, 4) is 0 Å². The molecule has 4 atom stereocenters. The normalized spacial score (nSPS) is 22.5. The van der Waals surface area contributed by atoms with Crippen LogP contribution in [0.3, 0.4) is 0 Å². The van der Waals surface area contributed by atoms with Crippen LogP contribution in [0.15, 0.2) is 46.2 Å². The molecule has 0 spiro atoms. The van der Waals surface area contributed by atoms with Gasteiger partial charge in [-0.15, -0.1) is 0 Å². The molecule has 3 saturated carbocycles. The highest BCUT2D eigenvalue weighted by Gasteiger charge is 2.56. The number of nitrogens with zero attached hydrogens (tertiary/aromatic N) is 3. The van der Waals surface area contributed by atoms with Crippen LogP contribution in [0.5, 0.6) is 0 Å². The molecule has 6 rings (SSSR count). The van der Waals surface area contributed by atoms with Gasteiger partial charge in [0.15, 0.2) is 0 Å². The van der Waals surface area contributed by atoms with Gasteiger partial charge >= 0.3 is 0 Å². The minimum absolute atomic E-state index is 0.127. The van der Waals surface area contributed by atoms with Gasteiger partial charge in [0.1, 0.15) is 0 Å². The van der Waals surface area contributed by atoms with Crippen LogP contribution in [-0.4, -0.2) is 34.1 Å². The van der Waals surface area contributed by atoms with Crippen molar-refractivity contribution >= 4 is 57.6 Å². The zero-order valence-electron chi connectivity index (χ0n) is 25.1. The Hall–Kier alpha value is -3.34. The largest absolute Gasteiger partial charge is 0.325 e. The molecular weight excluding hydrogens is 589 g/mol. The van der Waals surface area contributed by atoms with Gasteiger partial charge in [-0.25, -0.2) is 15.5 Å². The van der Waals surface area contributed by atoms with Gasteiger partial charge in [-0.3, -0.25) is 29.8 Å². The van der Waals surface area contributed by atoms with Crippen molar-refractivity contribution < 1.29 is 9.63 Å². The molecular formula is C31H39Cl2N7O3. The molecule has 230 valence electrons. The summed E-state index contributed by atoms with van der Waals surface area (Å²) in [7, 11) is 0. The third-order valence-electron chi connectivity index (χ3n) is 9.11. The van der Waals surface area contributed by atoms with Crippen LogP contribution in [0, 0.1) is 23.2 Å². The number of benzene rings is 2. The Morgan fingerprint density at radius 3 is 2.63 bits per heavy atom. The summed E-state index contributed by atoms with van der Waals surface area (Å²) >= 11 is 12.4. The van der Waals surface area contributed by atoms with E-state index in [1.54, 1.807) is 34.9 Å². The first kappa shape index (κ1) is 31.1. The number of halogens is 2. The van der Waals surface area contributed by atoms with E-state index in [0.29, 0.717) is 75.3 Å². The molecule has 3 aromatic rings. The van der Waals surface area contributed by atoms with Crippen LogP contribution in [0.1, 0.15) is 53.0 Å². The molecule has 3 fully saturated rings. The van der Waals surface area contributed by atoms with Gasteiger partial charge in [0.05, 0.1) is 23.6 Å². The molecule has 3 aliphatic rings. The number of amides is 1. The topological polar surface area (TPSA) is 122 Å². The van der Waals surface area contributed by atoms with Crippen molar-refractivity contribution in [2.45, 2.75) is 66.5 Å². The Balaban J connectivity index is 1.42. The molecule has 0 radical (unpaired) electrons. The molecule has 4 N–H and O–H groups in total. The highest BCUT2D eigenvalue weighted by Crippen LogP contribution is 2.61. The maximum absolute atomic E-state index is 13.6. The molecule has 2 bridgehead atoms. The van der Waals surface area contributed by atoms with E-state index in [9.17, 15) is 9.59 Å². The first-order valence-corrected chi connectivity index (χ1v) is 15.5. The Bertz CT molecular complexity index is 1610. The molecule has 0 saturated heterocycles. The summed E-state index contributed by atoms with van der Waals surface area (Å²) in [5, 5.41) is 4.84. The summed E-state index contributed by atoms with van der Waals surface area (Å²) in [6, 6.07) is 10.8. The fraction of sp³-hybridized carbons (Fsp3) is 0.484. The summed E-state index contributed by atoms with van der Waals surface area (Å²) < 4.78 is 1.54. The van der Waals surface area contributed by atoms with Gasteiger partial charge in [0.2, 0.25) is 17.8 Å². The Labute approximate surface area is 261 Å². The van der Waals surface area contributed by atoms with Gasteiger partial charge in [-0.05, 0) is 85.3 Å². The highest BCUT2D eigenvalue weighted by atomic mass is 35.5. The van der Waals surface area contributed by atoms with E-state index in [2.05, 4.69) is 42.4 Å². The lowest BCUT2D eigenvalue weighted by molar-refractivity contribution is -0.119. The number of aromatic nitrogens is 2. The van der Waals surface area contributed by atoms with Crippen LogP contribution < -0.4 is 27.2 Å². The number of aliphatic imine (C=N–C) groups is 1. The lowest BCUT2D eigenvalue weighted by Gasteiger charge is -2.61. The number of guanidine groups is 1. The van der Waals surface area contributed by atoms with E-state index in [1.165, 1.54) is 13.3 Å². The van der Waals surface area contributed by atoms with E-state index in [0.717, 1.165) is 12.0 Å². The monoisotopic (exact) mass is 627 g/mol. The summed E-state index contributed by atoms with van der Waals surface area (Å²) in [5.74, 6) is 2.17. The van der Waals surface area contributed by atoms with Crippen LogP contribution in [-0.2, 0) is 22.6 Å². The number of hydrogen-bond acceptors (Lipinski definition) is 6. The van der Waals surface area contributed by atoms with E-state index < -0.39 is 0 Å². The molecule has 3 aliphatic carbocycles. The Morgan fingerprint density at radius 1 is 1.16 bits per heavy atom. The van der Waals surface area contributed by atoms with Crippen LogP contribution in [0.2, 0.25) is 10.0 Å². The number of carbonyl (C=O) groups is 1. The van der Waals surface area contributed by atoms with Crippen molar-refractivity contribution in [3.05, 3.63) is 62.4 Å². The number of hydrazine groups is 1. The third-order valence-corrected chi connectivity index (χ3v) is 9.70. The second kappa shape index (κ2) is 12.7. The average Bonchev–Trinajstić information content (AvgIpc) is 2.95. The van der Waals surface area contributed by atoms with Crippen molar-refractivity contribution in [2.75, 3.05) is 17.4 Å². The highest BCUT2D eigenvalue weighted by molar-refractivity contribution is 6.35. The van der Waals surface area contributed by atoms with E-state index in [4.69, 9.17) is 38.0 Å². The van der Waals surface area contributed by atoms with Crippen LogP contribution in [0.4, 0.5) is 11.6 Å². The maximum Gasteiger partial charge on any atom is 0.262 e. The first-order chi connectivity index (χ1) is 20.5. The number of anilines is 2. The maximum atomic E-state index is 13.6. The lowest BCUT2D eigenvalue weighted by Crippen LogP contribution is -2.57. The predicted octanol–water partition coefficient (Wildman–Crippen LogP) is 5.79. The smallest absolute Gasteiger partial charge is 0.262 e. The quantitative estimate of drug-likeness (QED) is 0.142. The number of carbonyl (C=O) groups excluding carboxylic acids is 1. The zero-order valence-corrected chi connectivity index (χ0v) is 26.6. The van der Waals surface area contributed by atoms with E-state index in [1.807, 2.05) is 13.0 Å². The fourth-order valence-corrected chi connectivity index (χ4v) is 7.02. The third kappa shape index (κ3) is 6.61. The summed E-state index contributed by atoms with van der Waals surface area (Å²) in [6.45, 7) is 11.0. The lowest BCUT2D eigenvalue weighted by atomic mass is 9.45. The van der Waals surface area contributed by atoms with Gasteiger partial charge in [-0.1, -0.05) is 50.0 Å². The Kier molecular flexibility index (Phi) is 9.20. The second-order valence-electron chi connectivity index (χ2n) is 12.1. The SMILES string of the molecule is CCONc1nc2cc(NC(=N[C@H]3C[C@@H]4C[C@H]([C@@H]3C)C4(C)C)NNC(C)=O)ccc2c(=O)n1CCc1ccc(Cl)cc1Cl. The number of fused-ring (bicyclic) bond motifs is 3. The molecule has 2 aromatic carbocycles. The molecule has 1 amide bonds. The van der Waals surface area contributed by atoms with Crippen molar-refractivity contribution in [1.82, 2.24) is 20.4 Å². The van der Waals surface area contributed by atoms with Crippen LogP contribution in [0.25, 0.3) is 10.9 Å². The van der Waals surface area contributed by atoms with Crippen molar-refractivity contribution in [3.63, 3.8) is 0 Å². The molecule has 0 aliphatic heterocycles. The summed E-state index contributed by atoms with van der Waals surface area (Å²) in [6.07, 6.45) is 2.75. The van der Waals surface area contributed by atoms with Gasteiger partial charge in [0, 0.05) is 29.2 Å². The molecule has 1 aromatic heterocycles. The van der Waals surface area contributed by atoms with Crippen molar-refractivity contribution in [2.24, 2.45) is 28.2 Å². The van der Waals surface area contributed by atoms with E-state index in [-0.39, 0.29) is 23.5 Å². The predicted molar refractivity (Wildman–Crippen MR) is 172 cm³/mol. The molecule has 1 heterocycles. The van der Waals surface area contributed by atoms with Gasteiger partial charge < -0.3 is 5.32 Å². The summed E-state index contributed by atoms with van der Waals surface area (Å²) in [4.78, 5) is 40.5. The Morgan fingerprint density at radius 2 is 1.95 bits per heavy atom. The molecule has 12 heteroatoms. The van der Waals surface area contributed by atoms with Gasteiger partial charge in [0.25, 0.3) is 5.56 Å². The standard InChI is InChI=1S/C31H39Cl2N7O3/c1-6-43-39-30-36-27-16-22(9-10-23(27)28(42)40(30)12-11-19-7-8-21(32)15-25(19)33)34-29(38-37-18(3)41)35-26-14-20-13-24(17(26)2)31(20,4)5/h7-10,15-17,20,24,26H,6,11-14H2,1-5H3,(H,36,39)(H,37,41)(H2,34,35,38)/t17-,20-,24+,26-/m0/s1. The first-order valence-electron chi connectivity index (χ1n) is 14.7. The average molecular weight is 629 g/mol. The number of nitrogens with one attached hydrogen (secondary N) is 4. The molecule has 0 unspecified atom stereocenters. The van der Waals surface area contributed by atoms with E-state index >= 15 is 0 Å². The summed E-state index contributed by atoms with van der Waals surface area (Å²) in [5.41, 5.74) is 10.5. The second-order valence-corrected chi connectivity index (χ2v) is 12.9. The number of aryl methyl sites for hydroxylation is 1. The molecule has 10 nitrogen and oxygen atoms in total. The number of rotatable bonds is 8.